The number of hydrogen-bond donors (Lipinski definition) is 3. The highest BCUT2D eigenvalue weighted by molar-refractivity contribution is 14.1. The van der Waals surface area contributed by atoms with Gasteiger partial charge in [-0.1, -0.05) is 71.8 Å². The van der Waals surface area contributed by atoms with E-state index in [1.807, 2.05) is 74.5 Å². The summed E-state index contributed by atoms with van der Waals surface area (Å²) in [5, 5.41) is 22.1. The zero-order valence-electron chi connectivity index (χ0n) is 20.2. The van der Waals surface area contributed by atoms with Crippen molar-refractivity contribution < 1.29 is 10.2 Å². The summed E-state index contributed by atoms with van der Waals surface area (Å²) in [4.78, 5) is 5.55. The van der Waals surface area contributed by atoms with E-state index in [4.69, 9.17) is 0 Å². The Labute approximate surface area is 229 Å². The van der Waals surface area contributed by atoms with Crippen molar-refractivity contribution in [3.8, 4) is 0 Å². The molecule has 0 fully saturated rings. The topological polar surface area (TPSA) is 56.2 Å². The molecule has 0 aliphatic heterocycles. The van der Waals surface area contributed by atoms with Gasteiger partial charge in [0.2, 0.25) is 0 Å². The molecule has 0 aliphatic carbocycles. The minimum Gasteiger partial charge on any atom is -0.383 e. The summed E-state index contributed by atoms with van der Waals surface area (Å²) >= 11 is 3.94. The van der Waals surface area contributed by atoms with Crippen molar-refractivity contribution in [3.63, 3.8) is 0 Å². The van der Waals surface area contributed by atoms with Gasteiger partial charge in [-0.2, -0.15) is 0 Å². The zero-order valence-corrected chi connectivity index (χ0v) is 23.1. The predicted octanol–water partition coefficient (Wildman–Crippen LogP) is 7.64. The highest BCUT2D eigenvalue weighted by Gasteiger charge is 2.24. The molecule has 3 nitrogen and oxygen atoms in total. The Bertz CT molecular complexity index is 1350. The predicted molar refractivity (Wildman–Crippen MR) is 156 cm³/mol. The first-order chi connectivity index (χ1) is 17.4. The number of aromatic amines is 1. The summed E-state index contributed by atoms with van der Waals surface area (Å²) in [6.45, 7) is 4.09. The number of benzene rings is 3. The summed E-state index contributed by atoms with van der Waals surface area (Å²) in [7, 11) is 0. The van der Waals surface area contributed by atoms with Crippen LogP contribution in [0.1, 0.15) is 67.1 Å². The van der Waals surface area contributed by atoms with Crippen LogP contribution in [0.4, 0.5) is 0 Å². The highest BCUT2D eigenvalue weighted by atomic mass is 127. The van der Waals surface area contributed by atoms with Crippen molar-refractivity contribution in [2.24, 2.45) is 0 Å². The van der Waals surface area contributed by atoms with Crippen LogP contribution in [-0.2, 0) is 0 Å². The maximum Gasteiger partial charge on any atom is 0.119 e. The second-order valence-electron chi connectivity index (χ2n) is 9.22. The summed E-state index contributed by atoms with van der Waals surface area (Å²) in [5.41, 5.74) is 7.02. The van der Waals surface area contributed by atoms with Crippen molar-refractivity contribution in [1.82, 2.24) is 4.98 Å². The smallest absolute Gasteiger partial charge is 0.119 e. The number of aliphatic hydroxyl groups excluding tert-OH is 2. The summed E-state index contributed by atoms with van der Waals surface area (Å²) in [6, 6.07) is 32.7. The quantitative estimate of drug-likeness (QED) is 0.167. The molecule has 5 aromatic rings. The number of aryl methyl sites for hydroxylation is 2. The fraction of sp³-hybridized carbons (Fsp3) is 0.161. The van der Waals surface area contributed by atoms with Gasteiger partial charge in [-0.25, -0.2) is 0 Å². The van der Waals surface area contributed by atoms with Crippen LogP contribution in [0.5, 0.6) is 0 Å². The molecule has 0 saturated carbocycles. The van der Waals surface area contributed by atoms with E-state index in [9.17, 15) is 10.2 Å². The van der Waals surface area contributed by atoms with Crippen molar-refractivity contribution >= 4 is 33.9 Å². The molecule has 0 radical (unpaired) electrons. The van der Waals surface area contributed by atoms with Gasteiger partial charge >= 0.3 is 0 Å². The fourth-order valence-electron chi connectivity index (χ4n) is 4.42. The van der Waals surface area contributed by atoms with E-state index >= 15 is 0 Å². The van der Waals surface area contributed by atoms with E-state index < -0.39 is 12.2 Å². The molecule has 0 aliphatic rings. The minimum atomic E-state index is -0.723. The van der Waals surface area contributed by atoms with Gasteiger partial charge in [0.15, 0.2) is 0 Å². The SMILES string of the molecule is Cc1ccc(C(O)c2ccc(C(c3ccc(I)cc3)c3ccc(C(O)c4ccc(C)cc4)s3)[nH]2)cc1. The molecule has 0 bridgehead atoms. The molecule has 5 heteroatoms. The highest BCUT2D eigenvalue weighted by Crippen LogP contribution is 2.39. The molecular formula is C31H28INO2S. The number of rotatable bonds is 7. The van der Waals surface area contributed by atoms with Gasteiger partial charge in [-0.15, -0.1) is 11.3 Å². The second kappa shape index (κ2) is 10.7. The normalized spacial score (nSPS) is 13.9. The first kappa shape index (κ1) is 25.0. The number of aliphatic hydroxyl groups is 2. The van der Waals surface area contributed by atoms with Crippen molar-refractivity contribution in [2.45, 2.75) is 32.0 Å². The first-order valence-corrected chi connectivity index (χ1v) is 13.8. The molecule has 36 heavy (non-hydrogen) atoms. The molecule has 3 unspecified atom stereocenters. The Balaban J connectivity index is 1.50. The Morgan fingerprint density at radius 2 is 1.08 bits per heavy atom. The Morgan fingerprint density at radius 1 is 0.583 bits per heavy atom. The monoisotopic (exact) mass is 605 g/mol. The number of aromatic nitrogens is 1. The van der Waals surface area contributed by atoms with E-state index in [0.29, 0.717) is 0 Å². The van der Waals surface area contributed by atoms with Crippen LogP contribution < -0.4 is 0 Å². The maximum absolute atomic E-state index is 11.0. The Hall–Kier alpha value is -2.71. The summed E-state index contributed by atoms with van der Waals surface area (Å²) in [6.07, 6.45) is -1.39. The third-order valence-electron chi connectivity index (χ3n) is 6.53. The number of thiophene rings is 1. The van der Waals surface area contributed by atoms with Crippen molar-refractivity contribution in [2.75, 3.05) is 0 Å². The average Bonchev–Trinajstić information content (AvgIpc) is 3.56. The van der Waals surface area contributed by atoms with Crippen molar-refractivity contribution in [3.05, 3.63) is 150 Å². The lowest BCUT2D eigenvalue weighted by atomic mass is 9.94. The third kappa shape index (κ3) is 5.34. The molecular weight excluding hydrogens is 577 g/mol. The number of halogens is 1. The minimum absolute atomic E-state index is 0.0371. The first-order valence-electron chi connectivity index (χ1n) is 11.9. The van der Waals surface area contributed by atoms with Gasteiger partial charge in [-0.3, -0.25) is 0 Å². The lowest BCUT2D eigenvalue weighted by molar-refractivity contribution is 0.216. The summed E-state index contributed by atoms with van der Waals surface area (Å²) < 4.78 is 1.18. The van der Waals surface area contributed by atoms with Gasteiger partial charge in [0.05, 0.1) is 5.92 Å². The number of H-pyrrole nitrogens is 1. The second-order valence-corrected chi connectivity index (χ2v) is 11.6. The largest absolute Gasteiger partial charge is 0.383 e. The van der Waals surface area contributed by atoms with E-state index in [0.717, 1.165) is 37.8 Å². The van der Waals surface area contributed by atoms with Gasteiger partial charge < -0.3 is 15.2 Å². The Kier molecular flexibility index (Phi) is 7.44. The number of hydrogen-bond acceptors (Lipinski definition) is 3. The van der Waals surface area contributed by atoms with E-state index in [1.54, 1.807) is 11.3 Å². The van der Waals surface area contributed by atoms with Gasteiger partial charge in [-0.05, 0) is 89.5 Å². The van der Waals surface area contributed by atoms with Gasteiger partial charge in [0.1, 0.15) is 12.2 Å². The molecule has 3 atom stereocenters. The maximum atomic E-state index is 11.0. The van der Waals surface area contributed by atoms with E-state index in [2.05, 4.69) is 64.0 Å². The molecule has 2 heterocycles. The van der Waals surface area contributed by atoms with Crippen LogP contribution in [0.3, 0.4) is 0 Å². The van der Waals surface area contributed by atoms with E-state index in [1.165, 1.54) is 14.7 Å². The molecule has 2 aromatic heterocycles. The molecule has 5 rings (SSSR count). The van der Waals surface area contributed by atoms with Crippen LogP contribution in [-0.4, -0.2) is 15.2 Å². The third-order valence-corrected chi connectivity index (χ3v) is 8.45. The molecule has 182 valence electrons. The molecule has 3 N–H and O–H groups in total. The Morgan fingerprint density at radius 3 is 1.69 bits per heavy atom. The van der Waals surface area contributed by atoms with Crippen LogP contribution in [0.2, 0.25) is 0 Å². The number of nitrogens with one attached hydrogen (secondary N) is 1. The molecule has 0 saturated heterocycles. The molecule has 3 aromatic carbocycles. The standard InChI is InChI=1S/C31H28INO2S/c1-19-3-7-22(8-4-19)30(34)26-16-15-25(33-26)29(21-11-13-24(32)14-12-21)27-17-18-28(36-27)31(35)23-9-5-20(2)6-10-23/h3-18,29-31,33-35H,1-2H3. The molecule has 0 amide bonds. The fourth-order valence-corrected chi connectivity index (χ4v) is 5.95. The van der Waals surface area contributed by atoms with E-state index in [-0.39, 0.29) is 5.92 Å². The molecule has 0 spiro atoms. The van der Waals surface area contributed by atoms with Gasteiger partial charge in [0.25, 0.3) is 0 Å². The zero-order chi connectivity index (χ0) is 25.2. The lowest BCUT2D eigenvalue weighted by Crippen LogP contribution is -2.04. The lowest BCUT2D eigenvalue weighted by Gasteiger charge is -2.16. The summed E-state index contributed by atoms with van der Waals surface area (Å²) in [5.74, 6) is -0.0371. The van der Waals surface area contributed by atoms with Crippen LogP contribution >= 0.6 is 33.9 Å². The average molecular weight is 606 g/mol. The van der Waals surface area contributed by atoms with Crippen molar-refractivity contribution in [1.29, 1.82) is 0 Å². The van der Waals surface area contributed by atoms with Gasteiger partial charge in [0, 0.05) is 24.7 Å². The van der Waals surface area contributed by atoms with Crippen LogP contribution in [0.25, 0.3) is 0 Å². The van der Waals surface area contributed by atoms with Crippen LogP contribution in [0.15, 0.2) is 97.1 Å². The van der Waals surface area contributed by atoms with Crippen LogP contribution in [0, 0.1) is 17.4 Å².